The Morgan fingerprint density at radius 1 is 1.61 bits per heavy atom. The first-order chi connectivity index (χ1) is 8.59. The first-order valence-electron chi connectivity index (χ1n) is 6.54. The lowest BCUT2D eigenvalue weighted by Crippen LogP contribution is -2.36. The largest absolute Gasteiger partial charge is 0.505 e. The minimum Gasteiger partial charge on any atom is -0.505 e. The van der Waals surface area contributed by atoms with Gasteiger partial charge in [0.05, 0.1) is 0 Å². The number of aromatic nitrogens is 1. The lowest BCUT2D eigenvalue weighted by atomic mass is 10.0. The molecule has 1 aliphatic heterocycles. The molecule has 1 fully saturated rings. The van der Waals surface area contributed by atoms with Crippen LogP contribution < -0.4 is 0 Å². The monoisotopic (exact) mass is 248 g/mol. The van der Waals surface area contributed by atoms with Gasteiger partial charge in [0, 0.05) is 18.8 Å². The van der Waals surface area contributed by atoms with Gasteiger partial charge >= 0.3 is 0 Å². The van der Waals surface area contributed by atoms with E-state index in [9.17, 15) is 9.90 Å². The van der Waals surface area contributed by atoms with E-state index in [1.165, 1.54) is 6.07 Å². The minimum absolute atomic E-state index is 0.0299. The molecule has 98 valence electrons. The molecule has 2 heterocycles. The van der Waals surface area contributed by atoms with Crippen molar-refractivity contribution in [1.29, 1.82) is 0 Å². The van der Waals surface area contributed by atoms with Gasteiger partial charge in [-0.2, -0.15) is 0 Å². The summed E-state index contributed by atoms with van der Waals surface area (Å²) in [5, 5.41) is 9.70. The second kappa shape index (κ2) is 5.38. The number of nitrogens with zero attached hydrogens (tertiary/aromatic N) is 2. The van der Waals surface area contributed by atoms with Crippen LogP contribution in [0.15, 0.2) is 18.3 Å². The summed E-state index contributed by atoms with van der Waals surface area (Å²) in [4.78, 5) is 18.2. The maximum absolute atomic E-state index is 12.4. The average molecular weight is 248 g/mol. The van der Waals surface area contributed by atoms with E-state index in [4.69, 9.17) is 0 Å². The highest BCUT2D eigenvalue weighted by atomic mass is 16.3. The van der Waals surface area contributed by atoms with E-state index in [1.807, 2.05) is 4.90 Å². The van der Waals surface area contributed by atoms with Gasteiger partial charge in [0.25, 0.3) is 5.91 Å². The van der Waals surface area contributed by atoms with Crippen LogP contribution in [-0.4, -0.2) is 33.5 Å². The summed E-state index contributed by atoms with van der Waals surface area (Å²) in [5.41, 5.74) is 0.174. The fraction of sp³-hybridized carbons (Fsp3) is 0.571. The molecule has 1 amide bonds. The van der Waals surface area contributed by atoms with Gasteiger partial charge in [-0.25, -0.2) is 4.98 Å². The standard InChI is InChI=1S/C14H20N2O2/c1-10(2)9-11-5-4-8-16(11)14(18)13-12(17)6-3-7-15-13/h3,6-7,10-11,17H,4-5,8-9H2,1-2H3/t11-/m0/s1. The first-order valence-corrected chi connectivity index (χ1v) is 6.54. The molecule has 0 aliphatic carbocycles. The van der Waals surface area contributed by atoms with Crippen molar-refractivity contribution in [2.75, 3.05) is 6.54 Å². The quantitative estimate of drug-likeness (QED) is 0.893. The molecule has 0 aromatic carbocycles. The van der Waals surface area contributed by atoms with E-state index >= 15 is 0 Å². The molecular formula is C14H20N2O2. The Morgan fingerprint density at radius 3 is 3.06 bits per heavy atom. The Bertz CT molecular complexity index is 432. The number of carbonyl (C=O) groups excluding carboxylic acids is 1. The number of aromatic hydroxyl groups is 1. The number of pyridine rings is 1. The van der Waals surface area contributed by atoms with Gasteiger partial charge in [0.15, 0.2) is 5.69 Å². The number of carbonyl (C=O) groups is 1. The molecule has 18 heavy (non-hydrogen) atoms. The second-order valence-corrected chi connectivity index (χ2v) is 5.30. The van der Waals surface area contributed by atoms with E-state index in [1.54, 1.807) is 12.3 Å². The molecule has 0 spiro atoms. The van der Waals surface area contributed by atoms with Gasteiger partial charge in [-0.05, 0) is 37.3 Å². The van der Waals surface area contributed by atoms with Crippen molar-refractivity contribution in [2.45, 2.75) is 39.2 Å². The summed E-state index contributed by atoms with van der Waals surface area (Å²) in [6, 6.07) is 3.43. The topological polar surface area (TPSA) is 53.4 Å². The molecule has 1 N–H and O–H groups in total. The Morgan fingerprint density at radius 2 is 2.39 bits per heavy atom. The highest BCUT2D eigenvalue weighted by Crippen LogP contribution is 2.26. The fourth-order valence-electron chi connectivity index (χ4n) is 2.59. The summed E-state index contributed by atoms with van der Waals surface area (Å²) < 4.78 is 0. The number of rotatable bonds is 3. The number of hydrogen-bond donors (Lipinski definition) is 1. The molecule has 4 nitrogen and oxygen atoms in total. The fourth-order valence-corrected chi connectivity index (χ4v) is 2.59. The van der Waals surface area contributed by atoms with Crippen molar-refractivity contribution in [3.05, 3.63) is 24.0 Å². The molecule has 1 aromatic heterocycles. The molecule has 1 aromatic rings. The third-order valence-corrected chi connectivity index (χ3v) is 3.37. The zero-order valence-electron chi connectivity index (χ0n) is 11.0. The van der Waals surface area contributed by atoms with Crippen molar-refractivity contribution in [1.82, 2.24) is 9.88 Å². The summed E-state index contributed by atoms with van der Waals surface area (Å²) in [5.74, 6) is 0.398. The lowest BCUT2D eigenvalue weighted by Gasteiger charge is -2.25. The van der Waals surface area contributed by atoms with Crippen LogP contribution in [-0.2, 0) is 0 Å². The third-order valence-electron chi connectivity index (χ3n) is 3.37. The average Bonchev–Trinajstić information content (AvgIpc) is 2.76. The van der Waals surface area contributed by atoms with Crippen LogP contribution in [0.25, 0.3) is 0 Å². The zero-order valence-corrected chi connectivity index (χ0v) is 11.0. The SMILES string of the molecule is CC(C)C[C@@H]1CCCN1C(=O)c1ncccc1O. The van der Waals surface area contributed by atoms with Crippen LogP contribution in [0.3, 0.4) is 0 Å². The summed E-state index contributed by atoms with van der Waals surface area (Å²) >= 11 is 0. The molecule has 0 bridgehead atoms. The third kappa shape index (κ3) is 2.63. The Hall–Kier alpha value is -1.58. The molecule has 1 saturated heterocycles. The summed E-state index contributed by atoms with van der Waals surface area (Å²) in [6.45, 7) is 5.10. The zero-order chi connectivity index (χ0) is 13.1. The van der Waals surface area contributed by atoms with Crippen LogP contribution in [0.5, 0.6) is 5.75 Å². The predicted octanol–water partition coefficient (Wildman–Crippen LogP) is 2.44. The first kappa shape index (κ1) is 12.9. The van der Waals surface area contributed by atoms with E-state index in [0.29, 0.717) is 12.0 Å². The van der Waals surface area contributed by atoms with E-state index < -0.39 is 0 Å². The summed E-state index contributed by atoms with van der Waals surface area (Å²) in [6.07, 6.45) is 4.65. The van der Waals surface area contributed by atoms with Gasteiger partial charge in [-0.3, -0.25) is 4.79 Å². The van der Waals surface area contributed by atoms with Crippen LogP contribution in [0.1, 0.15) is 43.6 Å². The van der Waals surface area contributed by atoms with Gasteiger partial charge in [-0.15, -0.1) is 0 Å². The van der Waals surface area contributed by atoms with Crippen molar-refractivity contribution in [2.24, 2.45) is 5.92 Å². The van der Waals surface area contributed by atoms with Crippen LogP contribution in [0, 0.1) is 5.92 Å². The van der Waals surface area contributed by atoms with Crippen molar-refractivity contribution < 1.29 is 9.90 Å². The van der Waals surface area contributed by atoms with Crippen molar-refractivity contribution in [3.8, 4) is 5.75 Å². The van der Waals surface area contributed by atoms with Crippen molar-refractivity contribution in [3.63, 3.8) is 0 Å². The van der Waals surface area contributed by atoms with Crippen LogP contribution in [0.4, 0.5) is 0 Å². The second-order valence-electron chi connectivity index (χ2n) is 5.30. The molecular weight excluding hydrogens is 228 g/mol. The molecule has 1 atom stereocenters. The molecule has 0 radical (unpaired) electrons. The smallest absolute Gasteiger partial charge is 0.276 e. The van der Waals surface area contributed by atoms with Gasteiger partial charge in [0.2, 0.25) is 0 Å². The van der Waals surface area contributed by atoms with Crippen LogP contribution in [0.2, 0.25) is 0 Å². The van der Waals surface area contributed by atoms with Gasteiger partial charge < -0.3 is 10.0 Å². The Kier molecular flexibility index (Phi) is 3.84. The number of likely N-dealkylation sites (tertiary alicyclic amines) is 1. The molecule has 0 saturated carbocycles. The van der Waals surface area contributed by atoms with E-state index in [-0.39, 0.29) is 17.4 Å². The Balaban J connectivity index is 2.15. The predicted molar refractivity (Wildman–Crippen MR) is 69.4 cm³/mol. The number of amides is 1. The summed E-state index contributed by atoms with van der Waals surface area (Å²) in [7, 11) is 0. The van der Waals surface area contributed by atoms with Crippen LogP contribution >= 0.6 is 0 Å². The molecule has 4 heteroatoms. The van der Waals surface area contributed by atoms with Gasteiger partial charge in [-0.1, -0.05) is 13.8 Å². The van der Waals surface area contributed by atoms with E-state index in [0.717, 1.165) is 25.8 Å². The van der Waals surface area contributed by atoms with E-state index in [2.05, 4.69) is 18.8 Å². The number of hydrogen-bond acceptors (Lipinski definition) is 3. The highest BCUT2D eigenvalue weighted by Gasteiger charge is 2.31. The normalized spacial score (nSPS) is 19.5. The lowest BCUT2D eigenvalue weighted by molar-refractivity contribution is 0.0712. The van der Waals surface area contributed by atoms with Crippen molar-refractivity contribution >= 4 is 5.91 Å². The molecule has 1 aliphatic rings. The van der Waals surface area contributed by atoms with Gasteiger partial charge in [0.1, 0.15) is 5.75 Å². The minimum atomic E-state index is -0.142. The maximum Gasteiger partial charge on any atom is 0.276 e. The highest BCUT2D eigenvalue weighted by molar-refractivity contribution is 5.95. The molecule has 2 rings (SSSR count). The maximum atomic E-state index is 12.4. The molecule has 0 unspecified atom stereocenters. The Labute approximate surface area is 108 Å².